The molecule has 0 aromatic heterocycles. The summed E-state index contributed by atoms with van der Waals surface area (Å²) < 4.78 is 11.1. The van der Waals surface area contributed by atoms with Gasteiger partial charge in [0.2, 0.25) is 0 Å². The number of nitriles is 1. The maximum atomic E-state index is 12.5. The van der Waals surface area contributed by atoms with Gasteiger partial charge >= 0.3 is 0 Å². The highest BCUT2D eigenvalue weighted by Gasteiger charge is 2.15. The first-order valence-electron chi connectivity index (χ1n) is 8.28. The van der Waals surface area contributed by atoms with Crippen LogP contribution in [-0.4, -0.2) is 19.1 Å². The van der Waals surface area contributed by atoms with E-state index >= 15 is 0 Å². The van der Waals surface area contributed by atoms with Gasteiger partial charge in [0.05, 0.1) is 13.2 Å². The standard InChI is InChI=1S/C21H22N2O3/c1-14(2)26-20-16(8-6-10-19(20)25-4)12-17(13-22)21(24)23-18-9-5-7-15(3)11-18/h5-12,14H,1-4H3,(H,23,24)/b17-12-. The predicted octanol–water partition coefficient (Wildman–Crippen LogP) is 4.34. The Morgan fingerprint density at radius 3 is 2.58 bits per heavy atom. The smallest absolute Gasteiger partial charge is 0.266 e. The van der Waals surface area contributed by atoms with Crippen LogP contribution in [-0.2, 0) is 4.79 Å². The number of rotatable bonds is 6. The van der Waals surface area contributed by atoms with Gasteiger partial charge in [-0.25, -0.2) is 0 Å². The third-order valence-electron chi connectivity index (χ3n) is 3.52. The molecule has 0 saturated heterocycles. The quantitative estimate of drug-likeness (QED) is 0.621. The number of benzene rings is 2. The summed E-state index contributed by atoms with van der Waals surface area (Å²) in [5, 5.41) is 12.2. The monoisotopic (exact) mass is 350 g/mol. The van der Waals surface area contributed by atoms with Crippen molar-refractivity contribution in [3.8, 4) is 17.6 Å². The molecule has 1 amide bonds. The van der Waals surface area contributed by atoms with E-state index in [0.717, 1.165) is 5.56 Å². The van der Waals surface area contributed by atoms with E-state index in [2.05, 4.69) is 5.32 Å². The van der Waals surface area contributed by atoms with E-state index in [4.69, 9.17) is 9.47 Å². The molecule has 0 saturated carbocycles. The van der Waals surface area contributed by atoms with Crippen molar-refractivity contribution in [3.63, 3.8) is 0 Å². The molecule has 0 atom stereocenters. The molecular formula is C21H22N2O3. The van der Waals surface area contributed by atoms with Gasteiger partial charge in [-0.1, -0.05) is 24.3 Å². The number of hydrogen-bond acceptors (Lipinski definition) is 4. The van der Waals surface area contributed by atoms with E-state index in [1.165, 1.54) is 6.08 Å². The molecule has 2 rings (SSSR count). The van der Waals surface area contributed by atoms with Crippen LogP contribution in [0.25, 0.3) is 6.08 Å². The van der Waals surface area contributed by atoms with Crippen molar-refractivity contribution in [2.24, 2.45) is 0 Å². The van der Waals surface area contributed by atoms with E-state index in [0.29, 0.717) is 22.7 Å². The third kappa shape index (κ3) is 4.87. The van der Waals surface area contributed by atoms with Crippen molar-refractivity contribution >= 4 is 17.7 Å². The lowest BCUT2D eigenvalue weighted by molar-refractivity contribution is -0.112. The number of hydrogen-bond donors (Lipinski definition) is 1. The fraction of sp³-hybridized carbons (Fsp3) is 0.238. The zero-order valence-corrected chi connectivity index (χ0v) is 15.4. The van der Waals surface area contributed by atoms with Gasteiger partial charge in [-0.3, -0.25) is 4.79 Å². The molecule has 2 aromatic carbocycles. The molecule has 134 valence electrons. The summed E-state index contributed by atoms with van der Waals surface area (Å²) in [6.45, 7) is 5.73. The molecule has 0 spiro atoms. The van der Waals surface area contributed by atoms with Gasteiger partial charge in [-0.15, -0.1) is 0 Å². The van der Waals surface area contributed by atoms with Crippen molar-refractivity contribution in [3.05, 3.63) is 59.2 Å². The van der Waals surface area contributed by atoms with Crippen LogP contribution in [0.4, 0.5) is 5.69 Å². The molecule has 2 aromatic rings. The van der Waals surface area contributed by atoms with Gasteiger partial charge < -0.3 is 14.8 Å². The van der Waals surface area contributed by atoms with Crippen LogP contribution < -0.4 is 14.8 Å². The Kier molecular flexibility index (Phi) is 6.40. The first-order valence-corrected chi connectivity index (χ1v) is 8.28. The van der Waals surface area contributed by atoms with E-state index in [9.17, 15) is 10.1 Å². The maximum absolute atomic E-state index is 12.5. The van der Waals surface area contributed by atoms with Gasteiger partial charge in [-0.05, 0) is 50.6 Å². The minimum absolute atomic E-state index is 0.0200. The topological polar surface area (TPSA) is 71.3 Å². The Bertz CT molecular complexity index is 864. The first kappa shape index (κ1) is 19.1. The average molecular weight is 350 g/mol. The summed E-state index contributed by atoms with van der Waals surface area (Å²) in [7, 11) is 1.55. The van der Waals surface area contributed by atoms with Gasteiger partial charge in [0.25, 0.3) is 5.91 Å². The van der Waals surface area contributed by atoms with E-state index in [-0.39, 0.29) is 11.7 Å². The Morgan fingerprint density at radius 1 is 1.23 bits per heavy atom. The number of carbonyl (C=O) groups is 1. The first-order chi connectivity index (χ1) is 12.4. The number of aryl methyl sites for hydroxylation is 1. The highest BCUT2D eigenvalue weighted by Crippen LogP contribution is 2.33. The zero-order chi connectivity index (χ0) is 19.1. The number of nitrogens with one attached hydrogen (secondary N) is 1. The van der Waals surface area contributed by atoms with Gasteiger partial charge in [0.1, 0.15) is 11.6 Å². The molecule has 5 nitrogen and oxygen atoms in total. The van der Waals surface area contributed by atoms with Crippen molar-refractivity contribution < 1.29 is 14.3 Å². The maximum Gasteiger partial charge on any atom is 0.266 e. The fourth-order valence-electron chi connectivity index (χ4n) is 2.39. The normalized spacial score (nSPS) is 11.0. The second-order valence-electron chi connectivity index (χ2n) is 6.04. The molecule has 0 radical (unpaired) electrons. The molecule has 1 N–H and O–H groups in total. The van der Waals surface area contributed by atoms with Gasteiger partial charge in [0.15, 0.2) is 11.5 Å². The number of amides is 1. The highest BCUT2D eigenvalue weighted by molar-refractivity contribution is 6.09. The van der Waals surface area contributed by atoms with Crippen LogP contribution in [0, 0.1) is 18.3 Å². The van der Waals surface area contributed by atoms with Crippen molar-refractivity contribution in [2.75, 3.05) is 12.4 Å². The molecule has 5 heteroatoms. The van der Waals surface area contributed by atoms with Gasteiger partial charge in [0, 0.05) is 11.3 Å². The Hall–Kier alpha value is -3.26. The second kappa shape index (κ2) is 8.72. The van der Waals surface area contributed by atoms with Crippen LogP contribution in [0.5, 0.6) is 11.5 Å². The number of nitrogens with zero attached hydrogens (tertiary/aromatic N) is 1. The minimum Gasteiger partial charge on any atom is -0.493 e. The summed E-state index contributed by atoms with van der Waals surface area (Å²) in [6.07, 6.45) is 1.43. The molecule has 0 aliphatic rings. The van der Waals surface area contributed by atoms with Crippen molar-refractivity contribution in [2.45, 2.75) is 26.9 Å². The SMILES string of the molecule is COc1cccc(/C=C(/C#N)C(=O)Nc2cccc(C)c2)c1OC(C)C. The Morgan fingerprint density at radius 2 is 1.96 bits per heavy atom. The number of carbonyl (C=O) groups excluding carboxylic acids is 1. The second-order valence-corrected chi connectivity index (χ2v) is 6.04. The van der Waals surface area contributed by atoms with Crippen LogP contribution in [0.2, 0.25) is 0 Å². The number of methoxy groups -OCH3 is 1. The third-order valence-corrected chi connectivity index (χ3v) is 3.52. The number of ether oxygens (including phenoxy) is 2. The van der Waals surface area contributed by atoms with Gasteiger partial charge in [-0.2, -0.15) is 5.26 Å². The summed E-state index contributed by atoms with van der Waals surface area (Å²) in [5.41, 5.74) is 2.24. The molecule has 0 aliphatic heterocycles. The van der Waals surface area contributed by atoms with E-state index in [1.54, 1.807) is 31.4 Å². The number of anilines is 1. The molecule has 0 fully saturated rings. The zero-order valence-electron chi connectivity index (χ0n) is 15.4. The molecule has 0 heterocycles. The molecule has 0 aliphatic carbocycles. The predicted molar refractivity (Wildman–Crippen MR) is 102 cm³/mol. The van der Waals surface area contributed by atoms with E-state index < -0.39 is 5.91 Å². The summed E-state index contributed by atoms with van der Waals surface area (Å²) >= 11 is 0. The van der Waals surface area contributed by atoms with Crippen LogP contribution in [0.3, 0.4) is 0 Å². The highest BCUT2D eigenvalue weighted by atomic mass is 16.5. The lowest BCUT2D eigenvalue weighted by Gasteiger charge is -2.16. The Balaban J connectivity index is 2.36. The van der Waals surface area contributed by atoms with Crippen molar-refractivity contribution in [1.82, 2.24) is 0 Å². The van der Waals surface area contributed by atoms with E-state index in [1.807, 2.05) is 45.0 Å². The fourth-order valence-corrected chi connectivity index (χ4v) is 2.39. The van der Waals surface area contributed by atoms with Crippen LogP contribution in [0.15, 0.2) is 48.0 Å². The minimum atomic E-state index is -0.476. The largest absolute Gasteiger partial charge is 0.493 e. The molecule has 0 unspecified atom stereocenters. The lowest BCUT2D eigenvalue weighted by atomic mass is 10.1. The summed E-state index contributed by atoms with van der Waals surface area (Å²) in [6, 6.07) is 14.7. The molecule has 26 heavy (non-hydrogen) atoms. The number of para-hydroxylation sites is 1. The molecular weight excluding hydrogens is 328 g/mol. The molecule has 0 bridgehead atoms. The summed E-state index contributed by atoms with van der Waals surface area (Å²) in [5.74, 6) is 0.571. The van der Waals surface area contributed by atoms with Crippen molar-refractivity contribution in [1.29, 1.82) is 5.26 Å². The lowest BCUT2D eigenvalue weighted by Crippen LogP contribution is -2.14. The average Bonchev–Trinajstić information content (AvgIpc) is 2.60. The van der Waals surface area contributed by atoms with Crippen LogP contribution >= 0.6 is 0 Å². The van der Waals surface area contributed by atoms with Crippen LogP contribution in [0.1, 0.15) is 25.0 Å². The Labute approximate surface area is 153 Å². The summed E-state index contributed by atoms with van der Waals surface area (Å²) in [4.78, 5) is 12.5.